The molecule has 1 fully saturated rings. The summed E-state index contributed by atoms with van der Waals surface area (Å²) < 4.78 is 65.4. The quantitative estimate of drug-likeness (QED) is 0.826. The van der Waals surface area contributed by atoms with Gasteiger partial charge in [0.15, 0.2) is 0 Å². The summed E-state index contributed by atoms with van der Waals surface area (Å²) in [4.78, 5) is 1.28. The summed E-state index contributed by atoms with van der Waals surface area (Å²) in [6, 6.07) is 0. The Balaban J connectivity index is 2.20. The molecule has 1 aromatic heterocycles. The standard InChI is InChI=1S/C12H19F3N4O2S/c1-11(2)8-18(9-12(13,14)15)4-5-19(11)22(20,21)10-6-16-17(3)7-10/h6-7H,4-5,8-9H2,1-3H3. The fourth-order valence-corrected chi connectivity index (χ4v) is 4.48. The van der Waals surface area contributed by atoms with Gasteiger partial charge in [0.2, 0.25) is 10.0 Å². The maximum atomic E-state index is 12.6. The Morgan fingerprint density at radius 1 is 1.32 bits per heavy atom. The summed E-state index contributed by atoms with van der Waals surface area (Å²) in [5, 5.41) is 3.84. The van der Waals surface area contributed by atoms with Gasteiger partial charge in [-0.15, -0.1) is 0 Å². The molecule has 0 N–H and O–H groups in total. The summed E-state index contributed by atoms with van der Waals surface area (Å²) in [6.07, 6.45) is -1.67. The van der Waals surface area contributed by atoms with E-state index in [0.717, 1.165) is 0 Å². The Labute approximate surface area is 127 Å². The zero-order valence-electron chi connectivity index (χ0n) is 12.6. The van der Waals surface area contributed by atoms with Crippen molar-refractivity contribution < 1.29 is 21.6 Å². The van der Waals surface area contributed by atoms with E-state index in [0.29, 0.717) is 0 Å². The molecule has 1 aliphatic heterocycles. The molecule has 2 heterocycles. The van der Waals surface area contributed by atoms with Crippen LogP contribution in [0, 0.1) is 0 Å². The molecule has 1 aromatic rings. The number of nitrogens with zero attached hydrogens (tertiary/aromatic N) is 4. The minimum absolute atomic E-state index is 0.0142. The molecule has 0 aromatic carbocycles. The minimum atomic E-state index is -4.29. The second-order valence-electron chi connectivity index (χ2n) is 6.07. The van der Waals surface area contributed by atoms with Gasteiger partial charge in [0.05, 0.1) is 12.7 Å². The molecule has 2 rings (SSSR count). The number of halogens is 3. The Kier molecular flexibility index (Phi) is 4.31. The van der Waals surface area contributed by atoms with Crippen molar-refractivity contribution in [3.63, 3.8) is 0 Å². The molecule has 0 unspecified atom stereocenters. The predicted octanol–water partition coefficient (Wildman–Crippen LogP) is 1.07. The highest BCUT2D eigenvalue weighted by atomic mass is 32.2. The molecule has 126 valence electrons. The first kappa shape index (κ1) is 17.2. The molecule has 0 spiro atoms. The van der Waals surface area contributed by atoms with Crippen LogP contribution in [0.25, 0.3) is 0 Å². The van der Waals surface area contributed by atoms with Crippen LogP contribution in [0.1, 0.15) is 13.8 Å². The Morgan fingerprint density at radius 3 is 2.41 bits per heavy atom. The lowest BCUT2D eigenvalue weighted by atomic mass is 10.0. The van der Waals surface area contributed by atoms with E-state index >= 15 is 0 Å². The van der Waals surface area contributed by atoms with E-state index in [1.165, 1.54) is 26.3 Å². The van der Waals surface area contributed by atoms with Crippen molar-refractivity contribution in [1.29, 1.82) is 0 Å². The van der Waals surface area contributed by atoms with Crippen LogP contribution in [-0.4, -0.2) is 65.3 Å². The average Bonchev–Trinajstić information content (AvgIpc) is 2.72. The molecule has 1 saturated heterocycles. The monoisotopic (exact) mass is 340 g/mol. The van der Waals surface area contributed by atoms with E-state index in [9.17, 15) is 21.6 Å². The van der Waals surface area contributed by atoms with Gasteiger partial charge in [-0.2, -0.15) is 22.6 Å². The van der Waals surface area contributed by atoms with Gasteiger partial charge in [-0.25, -0.2) is 8.42 Å². The fraction of sp³-hybridized carbons (Fsp3) is 0.750. The zero-order valence-corrected chi connectivity index (χ0v) is 13.4. The second kappa shape index (κ2) is 5.50. The van der Waals surface area contributed by atoms with E-state index in [4.69, 9.17) is 0 Å². The molecule has 0 bridgehead atoms. The number of aromatic nitrogens is 2. The van der Waals surface area contributed by atoms with Gasteiger partial charge in [-0.1, -0.05) is 0 Å². The highest BCUT2D eigenvalue weighted by molar-refractivity contribution is 7.89. The third-order valence-electron chi connectivity index (χ3n) is 3.58. The van der Waals surface area contributed by atoms with Crippen molar-refractivity contribution in [3.8, 4) is 0 Å². The molecule has 0 radical (unpaired) electrons. The van der Waals surface area contributed by atoms with Crippen LogP contribution in [0.5, 0.6) is 0 Å². The Hall–Kier alpha value is -1.13. The van der Waals surface area contributed by atoms with Crippen molar-refractivity contribution in [1.82, 2.24) is 19.0 Å². The Bertz CT molecular complexity index is 639. The van der Waals surface area contributed by atoms with Crippen LogP contribution in [-0.2, 0) is 17.1 Å². The van der Waals surface area contributed by atoms with E-state index < -0.39 is 28.3 Å². The maximum absolute atomic E-state index is 12.6. The average molecular weight is 340 g/mol. The summed E-state index contributed by atoms with van der Waals surface area (Å²) >= 11 is 0. The molecule has 22 heavy (non-hydrogen) atoms. The third kappa shape index (κ3) is 3.61. The lowest BCUT2D eigenvalue weighted by molar-refractivity contribution is -0.152. The molecule has 0 amide bonds. The van der Waals surface area contributed by atoms with Crippen molar-refractivity contribution in [2.75, 3.05) is 26.2 Å². The summed E-state index contributed by atoms with van der Waals surface area (Å²) in [6.45, 7) is 2.30. The molecule has 10 heteroatoms. The number of rotatable bonds is 3. The van der Waals surface area contributed by atoms with Crippen LogP contribution in [0.15, 0.2) is 17.3 Å². The van der Waals surface area contributed by atoms with Gasteiger partial charge >= 0.3 is 6.18 Å². The smallest absolute Gasteiger partial charge is 0.292 e. The summed E-state index contributed by atoms with van der Waals surface area (Å²) in [7, 11) is -2.17. The van der Waals surface area contributed by atoms with Crippen LogP contribution in [0.4, 0.5) is 13.2 Å². The van der Waals surface area contributed by atoms with E-state index in [1.807, 2.05) is 0 Å². The first-order valence-electron chi connectivity index (χ1n) is 6.72. The van der Waals surface area contributed by atoms with Crippen LogP contribution < -0.4 is 0 Å². The molecule has 0 saturated carbocycles. The topological polar surface area (TPSA) is 58.4 Å². The number of hydrogen-bond donors (Lipinski definition) is 0. The predicted molar refractivity (Wildman–Crippen MR) is 73.7 cm³/mol. The highest BCUT2D eigenvalue weighted by Gasteiger charge is 2.44. The van der Waals surface area contributed by atoms with Crippen molar-refractivity contribution in [3.05, 3.63) is 12.4 Å². The van der Waals surface area contributed by atoms with Gasteiger partial charge in [-0.05, 0) is 13.8 Å². The van der Waals surface area contributed by atoms with Gasteiger partial charge in [0.25, 0.3) is 0 Å². The van der Waals surface area contributed by atoms with Gasteiger partial charge in [-0.3, -0.25) is 9.58 Å². The largest absolute Gasteiger partial charge is 0.401 e. The molecule has 6 nitrogen and oxygen atoms in total. The first-order chi connectivity index (χ1) is 9.92. The lowest BCUT2D eigenvalue weighted by Gasteiger charge is -2.45. The van der Waals surface area contributed by atoms with Crippen LogP contribution in [0.3, 0.4) is 0 Å². The van der Waals surface area contributed by atoms with Crippen molar-refractivity contribution in [2.24, 2.45) is 7.05 Å². The lowest BCUT2D eigenvalue weighted by Crippen LogP contribution is -2.61. The number of alkyl halides is 3. The molecule has 0 atom stereocenters. The number of piperazine rings is 1. The minimum Gasteiger partial charge on any atom is -0.292 e. The van der Waals surface area contributed by atoms with Crippen LogP contribution in [0.2, 0.25) is 0 Å². The number of hydrogen-bond acceptors (Lipinski definition) is 4. The third-order valence-corrected chi connectivity index (χ3v) is 5.64. The zero-order chi connectivity index (χ0) is 16.8. The van der Waals surface area contributed by atoms with E-state index in [1.54, 1.807) is 20.9 Å². The van der Waals surface area contributed by atoms with E-state index in [-0.39, 0.29) is 24.5 Å². The molecular weight excluding hydrogens is 321 g/mol. The molecular formula is C12H19F3N4O2S. The van der Waals surface area contributed by atoms with Gasteiger partial charge in [0.1, 0.15) is 4.90 Å². The summed E-state index contributed by atoms with van der Waals surface area (Å²) in [5.74, 6) is 0. The SMILES string of the molecule is Cn1cc(S(=O)(=O)N2CCN(CC(F)(F)F)CC2(C)C)cn1. The van der Waals surface area contributed by atoms with Gasteiger partial charge < -0.3 is 0 Å². The Morgan fingerprint density at radius 2 is 1.95 bits per heavy atom. The molecule has 0 aliphatic carbocycles. The molecule has 1 aliphatic rings. The summed E-state index contributed by atoms with van der Waals surface area (Å²) in [5.41, 5.74) is -0.932. The number of sulfonamides is 1. The van der Waals surface area contributed by atoms with E-state index in [2.05, 4.69) is 5.10 Å². The van der Waals surface area contributed by atoms with Crippen molar-refractivity contribution in [2.45, 2.75) is 30.5 Å². The van der Waals surface area contributed by atoms with Crippen LogP contribution >= 0.6 is 0 Å². The fourth-order valence-electron chi connectivity index (χ4n) is 2.73. The van der Waals surface area contributed by atoms with Crippen molar-refractivity contribution >= 4 is 10.0 Å². The normalized spacial score (nSPS) is 21.2. The maximum Gasteiger partial charge on any atom is 0.401 e. The first-order valence-corrected chi connectivity index (χ1v) is 8.16. The second-order valence-corrected chi connectivity index (χ2v) is 7.93. The van der Waals surface area contributed by atoms with Gasteiger partial charge in [0, 0.05) is 38.4 Å². The highest BCUT2D eigenvalue weighted by Crippen LogP contribution is 2.29. The number of aryl methyl sites for hydroxylation is 1.